The van der Waals surface area contributed by atoms with Crippen molar-refractivity contribution in [3.05, 3.63) is 71.8 Å². The van der Waals surface area contributed by atoms with Gasteiger partial charge in [-0.2, -0.15) is 8.42 Å². The fourth-order valence-corrected chi connectivity index (χ4v) is 5.26. The van der Waals surface area contributed by atoms with E-state index in [1.165, 1.54) is 38.5 Å². The minimum atomic E-state index is -4.04. The lowest BCUT2D eigenvalue weighted by Gasteiger charge is -2.30. The molecular weight excluding hydrogens is 436 g/mol. The molecule has 0 amide bonds. The van der Waals surface area contributed by atoms with Gasteiger partial charge in [0, 0.05) is 5.56 Å². The van der Waals surface area contributed by atoms with Gasteiger partial charge in [-0.25, -0.2) is 4.18 Å². The molecule has 6 heteroatoms. The number of hydrogen-bond donors (Lipinski definition) is 1. The Morgan fingerprint density at radius 2 is 1.27 bits per heavy atom. The van der Waals surface area contributed by atoms with Crippen LogP contribution in [0.25, 0.3) is 0 Å². The van der Waals surface area contributed by atoms with Crippen LogP contribution in [0.4, 0.5) is 0 Å². The van der Waals surface area contributed by atoms with E-state index in [0.717, 1.165) is 19.3 Å². The first-order valence-corrected chi connectivity index (χ1v) is 13.7. The van der Waals surface area contributed by atoms with E-state index in [4.69, 9.17) is 4.18 Å². The van der Waals surface area contributed by atoms with Gasteiger partial charge in [0.2, 0.25) is 5.78 Å². The third-order valence-electron chi connectivity index (χ3n) is 5.88. The van der Waals surface area contributed by atoms with Crippen LogP contribution in [0, 0.1) is 0 Å². The zero-order chi connectivity index (χ0) is 24.0. The molecule has 5 nitrogen and oxygen atoms in total. The number of ketones is 1. The number of carbonyl (C=O) groups excluding carboxylic acids is 1. The second-order valence-electron chi connectivity index (χ2n) is 8.57. The van der Waals surface area contributed by atoms with E-state index >= 15 is 0 Å². The van der Waals surface area contributed by atoms with Crippen LogP contribution >= 0.6 is 0 Å². The van der Waals surface area contributed by atoms with Gasteiger partial charge in [-0.15, -0.1) is 0 Å². The zero-order valence-corrected chi connectivity index (χ0v) is 20.6. The van der Waals surface area contributed by atoms with Gasteiger partial charge in [-0.05, 0) is 12.0 Å². The topological polar surface area (TPSA) is 80.7 Å². The summed E-state index contributed by atoms with van der Waals surface area (Å²) in [7, 11) is -4.04. The molecule has 2 aromatic rings. The minimum absolute atomic E-state index is 0.180. The summed E-state index contributed by atoms with van der Waals surface area (Å²) in [4.78, 5) is 13.4. The highest BCUT2D eigenvalue weighted by Crippen LogP contribution is 2.32. The highest BCUT2D eigenvalue weighted by Gasteiger charge is 2.45. The molecular formula is C27H38O5S. The maximum Gasteiger partial charge on any atom is 0.268 e. The highest BCUT2D eigenvalue weighted by molar-refractivity contribution is 7.86. The van der Waals surface area contributed by atoms with Gasteiger partial charge in [0.15, 0.2) is 5.60 Å². The molecule has 1 N–H and O–H groups in total. The molecule has 0 aliphatic carbocycles. The minimum Gasteiger partial charge on any atom is -0.392 e. The van der Waals surface area contributed by atoms with Gasteiger partial charge < -0.3 is 5.11 Å². The molecule has 1 unspecified atom stereocenters. The monoisotopic (exact) mass is 474 g/mol. The Morgan fingerprint density at radius 3 is 1.79 bits per heavy atom. The Hall–Kier alpha value is -2.02. The smallest absolute Gasteiger partial charge is 0.268 e. The summed E-state index contributed by atoms with van der Waals surface area (Å²) in [6, 6.07) is 16.7. The maximum absolute atomic E-state index is 13.4. The van der Waals surface area contributed by atoms with E-state index in [1.54, 1.807) is 60.7 Å². The Bertz CT molecular complexity index is 912. The number of rotatable bonds is 17. The zero-order valence-electron chi connectivity index (χ0n) is 19.7. The lowest BCUT2D eigenvalue weighted by atomic mass is 9.86. The molecule has 0 heterocycles. The van der Waals surface area contributed by atoms with Crippen molar-refractivity contribution in [1.82, 2.24) is 0 Å². The molecule has 0 saturated carbocycles. The van der Waals surface area contributed by atoms with Crippen molar-refractivity contribution in [2.24, 2.45) is 0 Å². The van der Waals surface area contributed by atoms with Crippen molar-refractivity contribution in [3.8, 4) is 0 Å². The summed E-state index contributed by atoms with van der Waals surface area (Å²) in [5.41, 5.74) is -1.41. The van der Waals surface area contributed by atoms with E-state index in [2.05, 4.69) is 6.92 Å². The normalized spacial score (nSPS) is 13.5. The molecule has 0 fully saturated rings. The lowest BCUT2D eigenvalue weighted by molar-refractivity contribution is 0.0156. The van der Waals surface area contributed by atoms with Gasteiger partial charge in [-0.3, -0.25) is 4.79 Å². The van der Waals surface area contributed by atoms with Gasteiger partial charge in [0.25, 0.3) is 10.1 Å². The predicted molar refractivity (Wildman–Crippen MR) is 133 cm³/mol. The van der Waals surface area contributed by atoms with Crippen molar-refractivity contribution in [3.63, 3.8) is 0 Å². The van der Waals surface area contributed by atoms with Crippen LogP contribution in [0.15, 0.2) is 60.7 Å². The molecule has 0 spiro atoms. The van der Waals surface area contributed by atoms with Crippen molar-refractivity contribution < 1.29 is 22.5 Å². The molecule has 182 valence electrons. The fraction of sp³-hybridized carbons (Fsp3) is 0.519. The van der Waals surface area contributed by atoms with E-state index < -0.39 is 28.1 Å². The van der Waals surface area contributed by atoms with Gasteiger partial charge in [0.1, 0.15) is 0 Å². The Kier molecular flexibility index (Phi) is 11.8. The predicted octanol–water partition coefficient (Wildman–Crippen LogP) is 6.02. The van der Waals surface area contributed by atoms with Crippen LogP contribution in [0.2, 0.25) is 0 Å². The van der Waals surface area contributed by atoms with Crippen LogP contribution < -0.4 is 0 Å². The van der Waals surface area contributed by atoms with Crippen LogP contribution in [0.3, 0.4) is 0 Å². The second kappa shape index (κ2) is 14.3. The number of aliphatic hydroxyl groups excluding tert-OH is 1. The van der Waals surface area contributed by atoms with Gasteiger partial charge in [-0.1, -0.05) is 125 Å². The van der Waals surface area contributed by atoms with Gasteiger partial charge in [0.05, 0.1) is 12.4 Å². The van der Waals surface area contributed by atoms with Crippen molar-refractivity contribution in [2.45, 2.75) is 76.7 Å². The largest absolute Gasteiger partial charge is 0.392 e. The first-order chi connectivity index (χ1) is 15.9. The third kappa shape index (κ3) is 8.69. The molecule has 0 radical (unpaired) electrons. The van der Waals surface area contributed by atoms with E-state index in [1.807, 2.05) is 0 Å². The molecule has 0 aliphatic rings. The molecule has 0 aromatic heterocycles. The standard InChI is InChI=1S/C27H38O5S/c1-2-3-4-5-6-7-8-9-10-17-22-33(30,31)32-27(23-28,25-20-15-12-16-21-25)26(29)24-18-13-11-14-19-24/h11-16,18-21,28H,2-10,17,22-23H2,1H3. The molecule has 0 bridgehead atoms. The average molecular weight is 475 g/mol. The maximum atomic E-state index is 13.4. The number of unbranched alkanes of at least 4 members (excludes halogenated alkanes) is 9. The lowest BCUT2D eigenvalue weighted by Crippen LogP contribution is -2.44. The van der Waals surface area contributed by atoms with Crippen LogP contribution in [-0.4, -0.2) is 31.7 Å². The second-order valence-corrected chi connectivity index (χ2v) is 10.3. The van der Waals surface area contributed by atoms with Crippen LogP contribution in [0.1, 0.15) is 87.1 Å². The van der Waals surface area contributed by atoms with Crippen molar-refractivity contribution >= 4 is 15.9 Å². The average Bonchev–Trinajstić information content (AvgIpc) is 2.84. The highest BCUT2D eigenvalue weighted by atomic mass is 32.2. The van der Waals surface area contributed by atoms with Crippen molar-refractivity contribution in [1.29, 1.82) is 0 Å². The Morgan fingerprint density at radius 1 is 0.788 bits per heavy atom. The summed E-state index contributed by atoms with van der Waals surface area (Å²) in [6.45, 7) is 1.43. The van der Waals surface area contributed by atoms with Crippen LogP contribution in [-0.2, 0) is 19.9 Å². The molecule has 1 atom stereocenters. The first-order valence-electron chi connectivity index (χ1n) is 12.1. The molecule has 33 heavy (non-hydrogen) atoms. The number of aliphatic hydroxyl groups is 1. The summed E-state index contributed by atoms with van der Waals surface area (Å²) in [5, 5.41) is 10.3. The number of carbonyl (C=O) groups is 1. The summed E-state index contributed by atoms with van der Waals surface area (Å²) >= 11 is 0. The Labute approximate surface area is 199 Å². The Balaban J connectivity index is 1.99. The van der Waals surface area contributed by atoms with Crippen LogP contribution in [0.5, 0.6) is 0 Å². The number of benzene rings is 2. The molecule has 0 aliphatic heterocycles. The molecule has 2 aromatic carbocycles. The third-order valence-corrected chi connectivity index (χ3v) is 7.21. The van der Waals surface area contributed by atoms with E-state index in [9.17, 15) is 18.3 Å². The number of Topliss-reactive ketones (excluding diaryl/α,β-unsaturated/α-hetero) is 1. The number of hydrogen-bond acceptors (Lipinski definition) is 5. The fourth-order valence-electron chi connectivity index (χ4n) is 3.96. The SMILES string of the molecule is CCCCCCCCCCCCS(=O)(=O)OC(CO)(C(=O)c1ccccc1)c1ccccc1. The van der Waals surface area contributed by atoms with E-state index in [-0.39, 0.29) is 11.3 Å². The summed E-state index contributed by atoms with van der Waals surface area (Å²) in [5.74, 6) is -0.761. The summed E-state index contributed by atoms with van der Waals surface area (Å²) < 4.78 is 31.3. The first kappa shape index (κ1) is 27.2. The van der Waals surface area contributed by atoms with Gasteiger partial charge >= 0.3 is 0 Å². The van der Waals surface area contributed by atoms with E-state index in [0.29, 0.717) is 12.0 Å². The van der Waals surface area contributed by atoms with Crippen molar-refractivity contribution in [2.75, 3.05) is 12.4 Å². The quantitative estimate of drug-likeness (QED) is 0.172. The summed E-state index contributed by atoms with van der Waals surface area (Å²) in [6.07, 6.45) is 10.9. The molecule has 2 rings (SSSR count). The molecule has 0 saturated heterocycles.